The summed E-state index contributed by atoms with van der Waals surface area (Å²) in [6.45, 7) is 4.75. The van der Waals surface area contributed by atoms with Crippen molar-refractivity contribution in [3.8, 4) is 0 Å². The summed E-state index contributed by atoms with van der Waals surface area (Å²) in [7, 11) is 0. The van der Waals surface area contributed by atoms with E-state index < -0.39 is 0 Å². The third kappa shape index (κ3) is 3.88. The van der Waals surface area contributed by atoms with Crippen LogP contribution in [0.1, 0.15) is 5.82 Å². The lowest BCUT2D eigenvalue weighted by atomic mass is 10.3. The van der Waals surface area contributed by atoms with Gasteiger partial charge in [0.05, 0.1) is 10.0 Å². The molecule has 1 saturated heterocycles. The van der Waals surface area contributed by atoms with Crippen molar-refractivity contribution in [2.75, 3.05) is 36.4 Å². The summed E-state index contributed by atoms with van der Waals surface area (Å²) in [4.78, 5) is 23.6. The van der Waals surface area contributed by atoms with Crippen LogP contribution in [0.3, 0.4) is 0 Å². The van der Waals surface area contributed by atoms with Crippen molar-refractivity contribution < 1.29 is 4.79 Å². The van der Waals surface area contributed by atoms with E-state index in [0.29, 0.717) is 34.8 Å². The zero-order valence-corrected chi connectivity index (χ0v) is 14.7. The first-order valence-corrected chi connectivity index (χ1v) is 8.33. The van der Waals surface area contributed by atoms with Gasteiger partial charge in [-0.05, 0) is 25.1 Å². The number of nitrogens with zero attached hydrogens (tertiary/aromatic N) is 4. The number of rotatable bonds is 4. The molecule has 8 heteroatoms. The maximum atomic E-state index is 10.8. The van der Waals surface area contributed by atoms with Crippen LogP contribution in [0.2, 0.25) is 10.0 Å². The van der Waals surface area contributed by atoms with Gasteiger partial charge in [-0.15, -0.1) is 0 Å². The van der Waals surface area contributed by atoms with Crippen LogP contribution in [0.5, 0.6) is 0 Å². The summed E-state index contributed by atoms with van der Waals surface area (Å²) in [5.41, 5.74) is 0.805. The summed E-state index contributed by atoms with van der Waals surface area (Å²) >= 11 is 12.0. The van der Waals surface area contributed by atoms with E-state index >= 15 is 0 Å². The molecule has 1 N–H and O–H groups in total. The van der Waals surface area contributed by atoms with Crippen molar-refractivity contribution in [2.45, 2.75) is 6.92 Å². The molecule has 1 aromatic heterocycles. The predicted octanol–water partition coefficient (Wildman–Crippen LogP) is 3.11. The molecule has 6 nitrogen and oxygen atoms in total. The van der Waals surface area contributed by atoms with E-state index in [2.05, 4.69) is 20.2 Å². The molecule has 1 fully saturated rings. The highest BCUT2D eigenvalue weighted by Crippen LogP contribution is 2.27. The third-order valence-corrected chi connectivity index (χ3v) is 4.54. The monoisotopic (exact) mass is 365 g/mol. The molecular weight excluding hydrogens is 349 g/mol. The van der Waals surface area contributed by atoms with Crippen LogP contribution in [0, 0.1) is 6.92 Å². The molecule has 1 amide bonds. The van der Waals surface area contributed by atoms with Gasteiger partial charge in [0.15, 0.2) is 0 Å². The summed E-state index contributed by atoms with van der Waals surface area (Å²) in [6, 6.07) is 7.23. The molecule has 2 aromatic rings. The molecule has 24 heavy (non-hydrogen) atoms. The fourth-order valence-electron chi connectivity index (χ4n) is 2.56. The van der Waals surface area contributed by atoms with Gasteiger partial charge < -0.3 is 15.1 Å². The Kier molecular flexibility index (Phi) is 5.06. The molecule has 2 heterocycles. The van der Waals surface area contributed by atoms with Gasteiger partial charge in [-0.25, -0.2) is 9.97 Å². The summed E-state index contributed by atoms with van der Waals surface area (Å²) in [5.74, 6) is 2.21. The molecule has 0 aliphatic carbocycles. The van der Waals surface area contributed by atoms with Crippen molar-refractivity contribution in [3.63, 3.8) is 0 Å². The number of benzene rings is 1. The Hall–Kier alpha value is -2.05. The lowest BCUT2D eigenvalue weighted by Gasteiger charge is -2.33. The Balaban J connectivity index is 1.78. The van der Waals surface area contributed by atoms with Crippen LogP contribution in [-0.2, 0) is 4.79 Å². The number of aryl methyl sites for hydroxylation is 1. The quantitative estimate of drug-likeness (QED) is 0.843. The second-order valence-electron chi connectivity index (χ2n) is 5.54. The van der Waals surface area contributed by atoms with Gasteiger partial charge in [-0.1, -0.05) is 23.2 Å². The van der Waals surface area contributed by atoms with Gasteiger partial charge in [-0.2, -0.15) is 0 Å². The van der Waals surface area contributed by atoms with Gasteiger partial charge >= 0.3 is 0 Å². The Bertz CT molecular complexity index is 747. The van der Waals surface area contributed by atoms with Crippen LogP contribution in [0.4, 0.5) is 17.3 Å². The number of nitrogens with one attached hydrogen (secondary N) is 1. The molecule has 0 saturated carbocycles. The van der Waals surface area contributed by atoms with E-state index in [1.807, 2.05) is 19.1 Å². The third-order valence-electron chi connectivity index (χ3n) is 3.80. The number of hydrogen-bond donors (Lipinski definition) is 1. The number of aromatic nitrogens is 2. The fourth-order valence-corrected chi connectivity index (χ4v) is 2.85. The normalized spacial score (nSPS) is 14.6. The van der Waals surface area contributed by atoms with Gasteiger partial charge in [-0.3, -0.25) is 4.79 Å². The summed E-state index contributed by atoms with van der Waals surface area (Å²) in [6.07, 6.45) is 0.889. The average molecular weight is 366 g/mol. The number of halogens is 2. The Morgan fingerprint density at radius 1 is 1.08 bits per heavy atom. The summed E-state index contributed by atoms with van der Waals surface area (Å²) < 4.78 is 0. The lowest BCUT2D eigenvalue weighted by molar-refractivity contribution is -0.118. The maximum absolute atomic E-state index is 10.8. The molecule has 1 aliphatic rings. The van der Waals surface area contributed by atoms with Crippen molar-refractivity contribution in [1.82, 2.24) is 14.9 Å². The number of carbonyl (C=O) groups excluding carboxylic acids is 1. The van der Waals surface area contributed by atoms with Gasteiger partial charge in [0.25, 0.3) is 0 Å². The van der Waals surface area contributed by atoms with E-state index in [-0.39, 0.29) is 0 Å². The first kappa shape index (κ1) is 16.8. The molecule has 1 aromatic carbocycles. The zero-order chi connectivity index (χ0) is 17.1. The minimum Gasteiger partial charge on any atom is -0.353 e. The minimum absolute atomic E-state index is 0.484. The van der Waals surface area contributed by atoms with Crippen molar-refractivity contribution >= 4 is 46.9 Å². The Morgan fingerprint density at radius 2 is 1.83 bits per heavy atom. The highest BCUT2D eigenvalue weighted by Gasteiger charge is 2.17. The highest BCUT2D eigenvalue weighted by atomic mass is 35.5. The fraction of sp³-hybridized carbons (Fsp3) is 0.312. The van der Waals surface area contributed by atoms with Crippen LogP contribution in [-0.4, -0.2) is 47.5 Å². The van der Waals surface area contributed by atoms with Crippen molar-refractivity contribution in [3.05, 3.63) is 40.1 Å². The largest absolute Gasteiger partial charge is 0.353 e. The molecule has 0 bridgehead atoms. The van der Waals surface area contributed by atoms with Crippen LogP contribution in [0.15, 0.2) is 24.3 Å². The predicted molar refractivity (Wildman–Crippen MR) is 96.4 cm³/mol. The molecule has 0 unspecified atom stereocenters. The van der Waals surface area contributed by atoms with Crippen molar-refractivity contribution in [1.29, 1.82) is 0 Å². The lowest BCUT2D eigenvalue weighted by Crippen LogP contribution is -2.46. The summed E-state index contributed by atoms with van der Waals surface area (Å²) in [5, 5.41) is 4.22. The minimum atomic E-state index is 0.484. The van der Waals surface area contributed by atoms with Gasteiger partial charge in [0.2, 0.25) is 6.41 Å². The number of amides is 1. The number of piperazine rings is 1. The van der Waals surface area contributed by atoms with Crippen LogP contribution < -0.4 is 10.2 Å². The smallest absolute Gasteiger partial charge is 0.209 e. The van der Waals surface area contributed by atoms with Crippen LogP contribution in [0.25, 0.3) is 0 Å². The standard InChI is InChI=1S/C16H17Cl2N5O/c1-11-19-15(21-12-2-3-13(17)14(18)8-12)9-16(20-11)23-6-4-22(10-24)5-7-23/h2-3,8-10H,4-7H2,1H3,(H,19,20,21). The second kappa shape index (κ2) is 7.23. The molecule has 0 spiro atoms. The first-order valence-electron chi connectivity index (χ1n) is 7.57. The van der Waals surface area contributed by atoms with Gasteiger partial charge in [0.1, 0.15) is 17.5 Å². The SMILES string of the molecule is Cc1nc(Nc2ccc(Cl)c(Cl)c2)cc(N2CCN(C=O)CC2)n1. The van der Waals surface area contributed by atoms with E-state index in [9.17, 15) is 4.79 Å². The second-order valence-corrected chi connectivity index (χ2v) is 6.36. The van der Waals surface area contributed by atoms with Crippen molar-refractivity contribution in [2.24, 2.45) is 0 Å². The first-order chi connectivity index (χ1) is 11.5. The molecule has 0 atom stereocenters. The number of anilines is 3. The topological polar surface area (TPSA) is 61.4 Å². The number of carbonyl (C=O) groups is 1. The molecule has 126 valence electrons. The van der Waals surface area contributed by atoms with E-state index in [0.717, 1.165) is 31.0 Å². The number of hydrogen-bond acceptors (Lipinski definition) is 5. The zero-order valence-electron chi connectivity index (χ0n) is 13.2. The molecular formula is C16H17Cl2N5O. The Morgan fingerprint density at radius 3 is 2.50 bits per heavy atom. The van der Waals surface area contributed by atoms with E-state index in [4.69, 9.17) is 23.2 Å². The molecule has 3 rings (SSSR count). The molecule has 1 aliphatic heterocycles. The maximum Gasteiger partial charge on any atom is 0.209 e. The van der Waals surface area contributed by atoms with Crippen LogP contribution >= 0.6 is 23.2 Å². The van der Waals surface area contributed by atoms with E-state index in [1.165, 1.54) is 0 Å². The van der Waals surface area contributed by atoms with E-state index in [1.54, 1.807) is 17.0 Å². The average Bonchev–Trinajstić information content (AvgIpc) is 2.58. The Labute approximate surface area is 150 Å². The highest BCUT2D eigenvalue weighted by molar-refractivity contribution is 6.42. The van der Waals surface area contributed by atoms with Gasteiger partial charge in [0, 0.05) is 37.9 Å². The molecule has 0 radical (unpaired) electrons.